The highest BCUT2D eigenvalue weighted by Gasteiger charge is 2.33. The van der Waals surface area contributed by atoms with Crippen LogP contribution in [0.1, 0.15) is 64.0 Å². The molecule has 2 amide bonds. The van der Waals surface area contributed by atoms with Crippen LogP contribution in [0, 0.1) is 5.92 Å². The molecule has 1 aromatic carbocycles. The summed E-state index contributed by atoms with van der Waals surface area (Å²) in [6, 6.07) is 10.7. The van der Waals surface area contributed by atoms with Crippen molar-refractivity contribution in [2.24, 2.45) is 5.92 Å². The van der Waals surface area contributed by atoms with Crippen LogP contribution in [0.25, 0.3) is 0 Å². The van der Waals surface area contributed by atoms with Crippen LogP contribution < -0.4 is 10.6 Å². The second-order valence-corrected chi connectivity index (χ2v) is 6.24. The molecule has 1 aromatic rings. The molecule has 2 atom stereocenters. The fourth-order valence-corrected chi connectivity index (χ4v) is 2.74. The second kappa shape index (κ2) is 8.06. The maximum atomic E-state index is 12.2. The molecular weight excluding hydrogens is 260 g/mol. The summed E-state index contributed by atoms with van der Waals surface area (Å²) in [5.74, 6) is 0.605. The highest BCUT2D eigenvalue weighted by molar-refractivity contribution is 5.74. The van der Waals surface area contributed by atoms with E-state index in [-0.39, 0.29) is 18.1 Å². The lowest BCUT2D eigenvalue weighted by molar-refractivity contribution is 0.231. The number of unbranched alkanes of at least 4 members (excludes halogenated alkanes) is 2. The fraction of sp³-hybridized carbons (Fsp3) is 0.611. The van der Waals surface area contributed by atoms with E-state index >= 15 is 0 Å². The summed E-state index contributed by atoms with van der Waals surface area (Å²) in [6.07, 6.45) is 7.13. The van der Waals surface area contributed by atoms with Crippen molar-refractivity contribution >= 4 is 6.03 Å². The van der Waals surface area contributed by atoms with Gasteiger partial charge >= 0.3 is 6.03 Å². The molecule has 1 fully saturated rings. The Morgan fingerprint density at radius 3 is 2.52 bits per heavy atom. The second-order valence-electron chi connectivity index (χ2n) is 6.24. The van der Waals surface area contributed by atoms with Crippen molar-refractivity contribution in [3.63, 3.8) is 0 Å². The zero-order chi connectivity index (χ0) is 15.1. The third-order valence-electron chi connectivity index (χ3n) is 4.16. The number of benzene rings is 1. The minimum absolute atomic E-state index is 0.0280. The summed E-state index contributed by atoms with van der Waals surface area (Å²) < 4.78 is 0. The van der Waals surface area contributed by atoms with Gasteiger partial charge in [-0.15, -0.1) is 0 Å². The Bertz CT molecular complexity index is 428. The smallest absolute Gasteiger partial charge is 0.315 e. The number of hydrogen-bond donors (Lipinski definition) is 2. The number of amides is 2. The minimum atomic E-state index is -0.0280. The lowest BCUT2D eigenvalue weighted by atomic mass is 10.0. The van der Waals surface area contributed by atoms with Crippen molar-refractivity contribution in [2.75, 3.05) is 0 Å². The van der Waals surface area contributed by atoms with Gasteiger partial charge in [0.15, 0.2) is 0 Å². The van der Waals surface area contributed by atoms with Crippen molar-refractivity contribution in [3.05, 3.63) is 35.9 Å². The van der Waals surface area contributed by atoms with Crippen molar-refractivity contribution in [1.29, 1.82) is 0 Å². The Kier molecular flexibility index (Phi) is 6.09. The maximum Gasteiger partial charge on any atom is 0.315 e. The lowest BCUT2D eigenvalue weighted by Crippen LogP contribution is -2.42. The van der Waals surface area contributed by atoms with Gasteiger partial charge in [0.2, 0.25) is 0 Å². The van der Waals surface area contributed by atoms with Crippen molar-refractivity contribution in [1.82, 2.24) is 10.6 Å². The van der Waals surface area contributed by atoms with Gasteiger partial charge in [0.05, 0.1) is 6.04 Å². The zero-order valence-electron chi connectivity index (χ0n) is 13.3. The van der Waals surface area contributed by atoms with Crippen molar-refractivity contribution in [2.45, 2.75) is 64.5 Å². The normalized spacial score (nSPS) is 17.0. The molecule has 0 aliphatic heterocycles. The molecule has 0 heterocycles. The van der Waals surface area contributed by atoms with E-state index in [4.69, 9.17) is 0 Å². The Labute approximate surface area is 128 Å². The predicted molar refractivity (Wildman–Crippen MR) is 87.2 cm³/mol. The topological polar surface area (TPSA) is 41.1 Å². The van der Waals surface area contributed by atoms with Crippen molar-refractivity contribution < 1.29 is 4.79 Å². The number of hydrogen-bond acceptors (Lipinski definition) is 1. The molecule has 2 N–H and O–H groups in total. The van der Waals surface area contributed by atoms with Gasteiger partial charge < -0.3 is 10.6 Å². The monoisotopic (exact) mass is 288 g/mol. The largest absolute Gasteiger partial charge is 0.336 e. The minimum Gasteiger partial charge on any atom is -0.336 e. The Hall–Kier alpha value is -1.51. The molecule has 3 nitrogen and oxygen atoms in total. The molecule has 2 rings (SSSR count). The van der Waals surface area contributed by atoms with Crippen LogP contribution in [0.4, 0.5) is 4.79 Å². The Balaban J connectivity index is 1.82. The summed E-state index contributed by atoms with van der Waals surface area (Å²) in [5.41, 5.74) is 1.22. The van der Waals surface area contributed by atoms with Crippen LogP contribution in [-0.2, 0) is 0 Å². The van der Waals surface area contributed by atoms with Gasteiger partial charge in [0.1, 0.15) is 0 Å². The molecule has 0 saturated heterocycles. The van der Waals surface area contributed by atoms with E-state index in [1.807, 2.05) is 18.2 Å². The van der Waals surface area contributed by atoms with Crippen LogP contribution in [0.5, 0.6) is 0 Å². The number of carbonyl (C=O) groups is 1. The van der Waals surface area contributed by atoms with E-state index in [1.165, 1.54) is 37.7 Å². The molecule has 0 spiro atoms. The zero-order valence-corrected chi connectivity index (χ0v) is 13.3. The Morgan fingerprint density at radius 2 is 1.90 bits per heavy atom. The molecule has 116 valence electrons. The summed E-state index contributed by atoms with van der Waals surface area (Å²) in [6.45, 7) is 4.29. The molecule has 3 heteroatoms. The molecule has 1 aliphatic carbocycles. The maximum absolute atomic E-state index is 12.2. The standard InChI is InChI=1S/C18H28N2O/c1-3-4-6-9-14(2)19-18(21)20-17(16-12-13-16)15-10-7-5-8-11-15/h5,7-8,10-11,14,16-17H,3-4,6,9,12-13H2,1-2H3,(H2,19,20,21). The number of rotatable bonds is 8. The van der Waals surface area contributed by atoms with E-state index in [0.717, 1.165) is 6.42 Å². The van der Waals surface area contributed by atoms with E-state index in [9.17, 15) is 4.79 Å². The summed E-state index contributed by atoms with van der Waals surface area (Å²) in [5, 5.41) is 6.24. The van der Waals surface area contributed by atoms with Crippen LogP contribution in [0.3, 0.4) is 0 Å². The third-order valence-corrected chi connectivity index (χ3v) is 4.16. The predicted octanol–water partition coefficient (Wildman–Crippen LogP) is 4.41. The number of carbonyl (C=O) groups excluding carboxylic acids is 1. The quantitative estimate of drug-likeness (QED) is 0.684. The lowest BCUT2D eigenvalue weighted by Gasteiger charge is -2.21. The molecule has 0 bridgehead atoms. The summed E-state index contributed by atoms with van der Waals surface area (Å²) in [4.78, 5) is 12.2. The third kappa shape index (κ3) is 5.41. The van der Waals surface area contributed by atoms with E-state index in [0.29, 0.717) is 5.92 Å². The highest BCUT2D eigenvalue weighted by Crippen LogP contribution is 2.40. The van der Waals surface area contributed by atoms with Crippen LogP contribution in [0.2, 0.25) is 0 Å². The first-order valence-corrected chi connectivity index (χ1v) is 8.32. The van der Waals surface area contributed by atoms with Crippen molar-refractivity contribution in [3.8, 4) is 0 Å². The number of nitrogens with one attached hydrogen (secondary N) is 2. The van der Waals surface area contributed by atoms with E-state index in [2.05, 4.69) is 36.6 Å². The van der Waals surface area contributed by atoms with Gasteiger partial charge in [-0.1, -0.05) is 56.5 Å². The number of urea groups is 1. The van der Waals surface area contributed by atoms with Gasteiger partial charge in [0.25, 0.3) is 0 Å². The first-order chi connectivity index (χ1) is 10.2. The molecule has 21 heavy (non-hydrogen) atoms. The SMILES string of the molecule is CCCCCC(C)NC(=O)NC(c1ccccc1)C1CC1. The average Bonchev–Trinajstić information content (AvgIpc) is 3.30. The van der Waals surface area contributed by atoms with Crippen LogP contribution >= 0.6 is 0 Å². The first-order valence-electron chi connectivity index (χ1n) is 8.32. The molecule has 1 saturated carbocycles. The van der Waals surface area contributed by atoms with Gasteiger partial charge in [-0.05, 0) is 37.7 Å². The molecular formula is C18H28N2O. The molecule has 0 aromatic heterocycles. The van der Waals surface area contributed by atoms with Gasteiger partial charge in [0, 0.05) is 6.04 Å². The van der Waals surface area contributed by atoms with Crippen LogP contribution in [0.15, 0.2) is 30.3 Å². The average molecular weight is 288 g/mol. The van der Waals surface area contributed by atoms with Crippen LogP contribution in [-0.4, -0.2) is 12.1 Å². The van der Waals surface area contributed by atoms with Gasteiger partial charge in [-0.25, -0.2) is 4.79 Å². The molecule has 1 aliphatic rings. The van der Waals surface area contributed by atoms with Gasteiger partial charge in [-0.2, -0.15) is 0 Å². The molecule has 2 unspecified atom stereocenters. The van der Waals surface area contributed by atoms with E-state index in [1.54, 1.807) is 0 Å². The highest BCUT2D eigenvalue weighted by atomic mass is 16.2. The first kappa shape index (κ1) is 15.9. The van der Waals surface area contributed by atoms with E-state index < -0.39 is 0 Å². The summed E-state index contributed by atoms with van der Waals surface area (Å²) in [7, 11) is 0. The molecule has 0 radical (unpaired) electrons. The van der Waals surface area contributed by atoms with Gasteiger partial charge in [-0.3, -0.25) is 0 Å². The summed E-state index contributed by atoms with van der Waals surface area (Å²) >= 11 is 0. The fourth-order valence-electron chi connectivity index (χ4n) is 2.74. The Morgan fingerprint density at radius 1 is 1.19 bits per heavy atom.